The fourth-order valence-corrected chi connectivity index (χ4v) is 1.49. The Labute approximate surface area is 123 Å². The Hall–Kier alpha value is -2.18. The number of rotatable bonds is 4. The minimum Gasteiger partial charge on any atom is -0.274 e. The molecule has 100 valence electrons. The van der Waals surface area contributed by atoms with E-state index in [1.165, 1.54) is 12.1 Å². The van der Waals surface area contributed by atoms with E-state index in [1.54, 1.807) is 24.3 Å². The van der Waals surface area contributed by atoms with Crippen LogP contribution in [0.2, 0.25) is 0 Å². The maximum atomic E-state index is 11.0. The maximum Gasteiger partial charge on any atom is 0.270 e. The standard InChI is InChI=1S/C12H6Cl2N4O2/c13-11(19)7-3-1-5-9(15-7)17-18-10-6-2-4-8(16-10)12(14)20/h1-6H. The van der Waals surface area contributed by atoms with E-state index in [2.05, 4.69) is 20.2 Å². The maximum absolute atomic E-state index is 11.0. The van der Waals surface area contributed by atoms with Gasteiger partial charge in [0.25, 0.3) is 10.5 Å². The Bertz CT molecular complexity index is 644. The van der Waals surface area contributed by atoms with E-state index in [1.807, 2.05) is 0 Å². The summed E-state index contributed by atoms with van der Waals surface area (Å²) in [5.41, 5.74) is 0.140. The van der Waals surface area contributed by atoms with Crippen molar-refractivity contribution in [2.75, 3.05) is 0 Å². The Morgan fingerprint density at radius 1 is 0.800 bits per heavy atom. The van der Waals surface area contributed by atoms with Crippen LogP contribution in [0.4, 0.5) is 11.6 Å². The molecule has 2 rings (SSSR count). The van der Waals surface area contributed by atoms with E-state index in [9.17, 15) is 9.59 Å². The lowest BCUT2D eigenvalue weighted by Gasteiger charge is -1.96. The summed E-state index contributed by atoms with van der Waals surface area (Å²) < 4.78 is 0. The third kappa shape index (κ3) is 3.66. The highest BCUT2D eigenvalue weighted by molar-refractivity contribution is 6.67. The zero-order valence-corrected chi connectivity index (χ0v) is 11.3. The normalized spacial score (nSPS) is 10.7. The molecule has 0 radical (unpaired) electrons. The van der Waals surface area contributed by atoms with Gasteiger partial charge in [-0.25, -0.2) is 9.97 Å². The third-order valence-corrected chi connectivity index (χ3v) is 2.51. The van der Waals surface area contributed by atoms with Gasteiger partial charge in [0.2, 0.25) is 0 Å². The van der Waals surface area contributed by atoms with Crippen molar-refractivity contribution in [3.63, 3.8) is 0 Å². The predicted molar refractivity (Wildman–Crippen MR) is 73.0 cm³/mol. The molecule has 0 atom stereocenters. The molecule has 0 saturated heterocycles. The van der Waals surface area contributed by atoms with Gasteiger partial charge in [-0.2, -0.15) is 0 Å². The van der Waals surface area contributed by atoms with Gasteiger partial charge in [0.15, 0.2) is 11.6 Å². The molecule has 2 heterocycles. The molecule has 0 aliphatic heterocycles. The van der Waals surface area contributed by atoms with E-state index < -0.39 is 10.5 Å². The third-order valence-electron chi connectivity index (χ3n) is 2.13. The van der Waals surface area contributed by atoms with Crippen molar-refractivity contribution in [3.8, 4) is 0 Å². The Balaban J connectivity index is 2.25. The monoisotopic (exact) mass is 308 g/mol. The number of carbonyl (C=O) groups excluding carboxylic acids is 2. The first-order valence-corrected chi connectivity index (χ1v) is 6.07. The van der Waals surface area contributed by atoms with E-state index in [-0.39, 0.29) is 23.0 Å². The lowest BCUT2D eigenvalue weighted by atomic mass is 10.3. The minimum absolute atomic E-state index is 0.0702. The molecular formula is C12H6Cl2N4O2. The van der Waals surface area contributed by atoms with Crippen molar-refractivity contribution in [1.29, 1.82) is 0 Å². The number of carbonyl (C=O) groups is 2. The zero-order chi connectivity index (χ0) is 14.5. The molecule has 0 bridgehead atoms. The molecule has 0 saturated carbocycles. The predicted octanol–water partition coefficient (Wildman–Crippen LogP) is 3.65. The van der Waals surface area contributed by atoms with Gasteiger partial charge in [-0.3, -0.25) is 9.59 Å². The molecular weight excluding hydrogens is 303 g/mol. The largest absolute Gasteiger partial charge is 0.274 e. The Kier molecular flexibility index (Phi) is 4.49. The molecule has 6 nitrogen and oxygen atoms in total. The fourth-order valence-electron chi connectivity index (χ4n) is 1.28. The van der Waals surface area contributed by atoms with Gasteiger partial charge in [-0.15, -0.1) is 10.2 Å². The number of hydrogen-bond donors (Lipinski definition) is 0. The summed E-state index contributed by atoms with van der Waals surface area (Å²) in [5, 5.41) is 6.24. The van der Waals surface area contributed by atoms with Crippen molar-refractivity contribution in [2.45, 2.75) is 0 Å². The highest BCUT2D eigenvalue weighted by Crippen LogP contribution is 2.16. The molecule has 2 aromatic heterocycles. The van der Waals surface area contributed by atoms with Crippen molar-refractivity contribution in [2.24, 2.45) is 10.2 Å². The molecule has 0 aromatic carbocycles. The molecule has 0 amide bonds. The molecule has 0 aliphatic carbocycles. The SMILES string of the molecule is O=C(Cl)c1cccc(N=Nc2cccc(C(=O)Cl)n2)n1. The molecule has 0 spiro atoms. The van der Waals surface area contributed by atoms with Crippen LogP contribution in [0.15, 0.2) is 46.6 Å². The van der Waals surface area contributed by atoms with Crippen molar-refractivity contribution >= 4 is 45.3 Å². The number of hydrogen-bond acceptors (Lipinski definition) is 6. The second kappa shape index (κ2) is 6.31. The molecule has 20 heavy (non-hydrogen) atoms. The van der Waals surface area contributed by atoms with E-state index >= 15 is 0 Å². The van der Waals surface area contributed by atoms with E-state index in [4.69, 9.17) is 23.2 Å². The fraction of sp³-hybridized carbons (Fsp3) is 0. The highest BCUT2D eigenvalue weighted by atomic mass is 35.5. The van der Waals surface area contributed by atoms with Gasteiger partial charge < -0.3 is 0 Å². The molecule has 0 unspecified atom stereocenters. The quantitative estimate of drug-likeness (QED) is 0.637. The molecule has 8 heteroatoms. The molecule has 0 N–H and O–H groups in total. The molecule has 0 fully saturated rings. The molecule has 0 aliphatic rings. The second-order valence-electron chi connectivity index (χ2n) is 3.51. The average Bonchev–Trinajstić information content (AvgIpc) is 2.45. The Morgan fingerprint density at radius 2 is 1.20 bits per heavy atom. The minimum atomic E-state index is -0.685. The van der Waals surface area contributed by atoms with Gasteiger partial charge in [-0.1, -0.05) is 12.1 Å². The van der Waals surface area contributed by atoms with Crippen LogP contribution < -0.4 is 0 Å². The summed E-state index contributed by atoms with van der Waals surface area (Å²) in [7, 11) is 0. The number of pyridine rings is 2. The second-order valence-corrected chi connectivity index (χ2v) is 4.20. The van der Waals surface area contributed by atoms with Crippen molar-refractivity contribution < 1.29 is 9.59 Å². The zero-order valence-electron chi connectivity index (χ0n) is 9.83. The van der Waals surface area contributed by atoms with Crippen molar-refractivity contribution in [1.82, 2.24) is 9.97 Å². The van der Waals surface area contributed by atoms with Crippen molar-refractivity contribution in [3.05, 3.63) is 47.8 Å². The molecule has 2 aromatic rings. The van der Waals surface area contributed by atoms with Crippen LogP contribution in [0.25, 0.3) is 0 Å². The summed E-state index contributed by atoms with van der Waals surface area (Å²) in [4.78, 5) is 29.7. The first kappa shape index (κ1) is 14.2. The van der Waals surface area contributed by atoms with Gasteiger partial charge in [-0.05, 0) is 47.5 Å². The topological polar surface area (TPSA) is 84.6 Å². The summed E-state index contributed by atoms with van der Waals surface area (Å²) in [6.45, 7) is 0. The Morgan fingerprint density at radius 3 is 1.55 bits per heavy atom. The van der Waals surface area contributed by atoms with Gasteiger partial charge in [0.1, 0.15) is 11.4 Å². The summed E-state index contributed by atoms with van der Waals surface area (Å²) in [6.07, 6.45) is 0. The van der Waals surface area contributed by atoms with E-state index in [0.717, 1.165) is 0 Å². The van der Waals surface area contributed by atoms with Crippen LogP contribution in [-0.2, 0) is 0 Å². The van der Waals surface area contributed by atoms with Crippen LogP contribution in [0, 0.1) is 0 Å². The van der Waals surface area contributed by atoms with Crippen LogP contribution >= 0.6 is 23.2 Å². The first-order chi connectivity index (χ1) is 9.56. The number of halogens is 2. The average molecular weight is 309 g/mol. The van der Waals surface area contributed by atoms with Crippen LogP contribution in [0.1, 0.15) is 21.0 Å². The lowest BCUT2D eigenvalue weighted by Crippen LogP contribution is -1.92. The van der Waals surface area contributed by atoms with Crippen LogP contribution in [-0.4, -0.2) is 20.5 Å². The first-order valence-electron chi connectivity index (χ1n) is 5.32. The van der Waals surface area contributed by atoms with Gasteiger partial charge in [0, 0.05) is 0 Å². The van der Waals surface area contributed by atoms with Gasteiger partial charge in [0.05, 0.1) is 0 Å². The van der Waals surface area contributed by atoms with Crippen LogP contribution in [0.5, 0.6) is 0 Å². The summed E-state index contributed by atoms with van der Waals surface area (Å²) in [6, 6.07) is 9.15. The number of aromatic nitrogens is 2. The highest BCUT2D eigenvalue weighted by Gasteiger charge is 2.05. The van der Waals surface area contributed by atoms with E-state index in [0.29, 0.717) is 0 Å². The van der Waals surface area contributed by atoms with Crippen LogP contribution in [0.3, 0.4) is 0 Å². The lowest BCUT2D eigenvalue weighted by molar-refractivity contribution is 0.106. The smallest absolute Gasteiger partial charge is 0.270 e. The number of nitrogens with zero attached hydrogens (tertiary/aromatic N) is 4. The summed E-state index contributed by atoms with van der Waals surface area (Å²) in [5.74, 6) is 0.391. The van der Waals surface area contributed by atoms with Gasteiger partial charge >= 0.3 is 0 Å². The number of azo groups is 1. The summed E-state index contributed by atoms with van der Waals surface area (Å²) >= 11 is 10.6.